The number of carbonyl (C=O) groups excluding carboxylic acids is 3. The van der Waals surface area contributed by atoms with Gasteiger partial charge in [0.25, 0.3) is 11.8 Å². The second kappa shape index (κ2) is 6.78. The quantitative estimate of drug-likeness (QED) is 0.666. The maximum atomic E-state index is 12.9. The zero-order valence-corrected chi connectivity index (χ0v) is 14.4. The smallest absolute Gasteiger partial charge is 0.338 e. The van der Waals surface area contributed by atoms with Gasteiger partial charge in [0, 0.05) is 23.2 Å². The van der Waals surface area contributed by atoms with Crippen molar-refractivity contribution in [2.75, 3.05) is 19.7 Å². The van der Waals surface area contributed by atoms with Crippen molar-refractivity contribution in [1.82, 2.24) is 10.2 Å². The van der Waals surface area contributed by atoms with Crippen LogP contribution in [0.25, 0.3) is 10.1 Å². The van der Waals surface area contributed by atoms with E-state index in [4.69, 9.17) is 16.3 Å². The van der Waals surface area contributed by atoms with Gasteiger partial charge in [-0.1, -0.05) is 29.8 Å². The Kier molecular flexibility index (Phi) is 4.73. The van der Waals surface area contributed by atoms with Crippen LogP contribution in [0.5, 0.6) is 0 Å². The average Bonchev–Trinajstić information content (AvgIpc) is 2.91. The number of halogens is 1. The number of benzene rings is 1. The first-order valence-electron chi connectivity index (χ1n) is 7.47. The molecule has 1 saturated heterocycles. The molecule has 1 aromatic heterocycles. The standard InChI is InChI=1S/C16H15ClN2O4S/c1-2-23-16(22)12-14(20)18-7-8-19(12)15(21)13-11(17)9-5-3-4-6-10(9)24-13/h3-6,12H,2,7-8H2,1H3,(H,18,20)/t12-/m1/s1. The number of piperazine rings is 1. The Morgan fingerprint density at radius 2 is 2.17 bits per heavy atom. The molecule has 1 atom stereocenters. The minimum atomic E-state index is -1.28. The summed E-state index contributed by atoms with van der Waals surface area (Å²) in [6.45, 7) is 2.28. The molecule has 3 rings (SSSR count). The molecule has 6 nitrogen and oxygen atoms in total. The fraction of sp³-hybridized carbons (Fsp3) is 0.312. The van der Waals surface area contributed by atoms with Crippen LogP contribution in [0.15, 0.2) is 24.3 Å². The predicted octanol–water partition coefficient (Wildman–Crippen LogP) is 2.06. The summed E-state index contributed by atoms with van der Waals surface area (Å²) in [7, 11) is 0. The van der Waals surface area contributed by atoms with Gasteiger partial charge in [-0.25, -0.2) is 4.79 Å². The number of hydrogen-bond acceptors (Lipinski definition) is 5. The van der Waals surface area contributed by atoms with Gasteiger partial charge in [-0.3, -0.25) is 9.59 Å². The molecule has 1 aromatic carbocycles. The Bertz CT molecular complexity index is 820. The summed E-state index contributed by atoms with van der Waals surface area (Å²) >= 11 is 7.59. The van der Waals surface area contributed by atoms with Crippen LogP contribution in [-0.2, 0) is 14.3 Å². The minimum Gasteiger partial charge on any atom is -0.464 e. The first-order valence-corrected chi connectivity index (χ1v) is 8.66. The van der Waals surface area contributed by atoms with Gasteiger partial charge in [0.1, 0.15) is 4.88 Å². The van der Waals surface area contributed by atoms with Gasteiger partial charge in [-0.2, -0.15) is 0 Å². The fourth-order valence-corrected chi connectivity index (χ4v) is 4.09. The highest BCUT2D eigenvalue weighted by Gasteiger charge is 2.41. The van der Waals surface area contributed by atoms with Gasteiger partial charge in [0.15, 0.2) is 0 Å². The third kappa shape index (κ3) is 2.85. The van der Waals surface area contributed by atoms with Crippen molar-refractivity contribution in [3.8, 4) is 0 Å². The van der Waals surface area contributed by atoms with Crippen molar-refractivity contribution in [1.29, 1.82) is 0 Å². The summed E-state index contributed by atoms with van der Waals surface area (Å²) in [5, 5.41) is 3.71. The number of carbonyl (C=O) groups is 3. The third-order valence-electron chi connectivity index (χ3n) is 3.71. The highest BCUT2D eigenvalue weighted by molar-refractivity contribution is 7.21. The third-order valence-corrected chi connectivity index (χ3v) is 5.38. The number of rotatable bonds is 3. The van der Waals surface area contributed by atoms with Crippen LogP contribution in [0.2, 0.25) is 5.02 Å². The van der Waals surface area contributed by atoms with Crippen molar-refractivity contribution in [3.63, 3.8) is 0 Å². The van der Waals surface area contributed by atoms with E-state index < -0.39 is 23.8 Å². The number of esters is 1. The van der Waals surface area contributed by atoms with Crippen LogP contribution in [0.3, 0.4) is 0 Å². The number of hydrogen-bond donors (Lipinski definition) is 1. The normalized spacial score (nSPS) is 17.7. The van der Waals surface area contributed by atoms with E-state index in [0.717, 1.165) is 10.1 Å². The average molecular weight is 367 g/mol. The van der Waals surface area contributed by atoms with Gasteiger partial charge < -0.3 is 15.0 Å². The fourth-order valence-electron chi connectivity index (χ4n) is 2.62. The number of ether oxygens (including phenoxy) is 1. The van der Waals surface area contributed by atoms with Gasteiger partial charge in [0.05, 0.1) is 11.6 Å². The van der Waals surface area contributed by atoms with Crippen LogP contribution in [0.4, 0.5) is 0 Å². The molecular formula is C16H15ClN2O4S. The van der Waals surface area contributed by atoms with Crippen LogP contribution in [-0.4, -0.2) is 48.4 Å². The summed E-state index contributed by atoms with van der Waals surface area (Å²) in [6, 6.07) is 6.11. The van der Waals surface area contributed by atoms with E-state index in [9.17, 15) is 14.4 Å². The Labute approximate surface area is 147 Å². The van der Waals surface area contributed by atoms with Crippen LogP contribution in [0.1, 0.15) is 16.6 Å². The molecule has 8 heteroatoms. The minimum absolute atomic E-state index is 0.133. The maximum Gasteiger partial charge on any atom is 0.338 e. The highest BCUT2D eigenvalue weighted by Crippen LogP contribution is 2.36. The van der Waals surface area contributed by atoms with E-state index in [-0.39, 0.29) is 19.7 Å². The van der Waals surface area contributed by atoms with E-state index in [1.165, 1.54) is 16.2 Å². The Morgan fingerprint density at radius 1 is 1.42 bits per heavy atom. The van der Waals surface area contributed by atoms with Crippen molar-refractivity contribution in [3.05, 3.63) is 34.2 Å². The van der Waals surface area contributed by atoms with E-state index in [1.807, 2.05) is 24.3 Å². The SMILES string of the molecule is CCOC(=O)[C@H]1C(=O)NCCN1C(=O)c1sc2ccccc2c1Cl. The lowest BCUT2D eigenvalue weighted by Crippen LogP contribution is -2.60. The number of fused-ring (bicyclic) bond motifs is 1. The predicted molar refractivity (Wildman–Crippen MR) is 91.3 cm³/mol. The molecular weight excluding hydrogens is 352 g/mol. The largest absolute Gasteiger partial charge is 0.464 e. The zero-order valence-electron chi connectivity index (χ0n) is 12.9. The molecule has 0 bridgehead atoms. The van der Waals surface area contributed by atoms with Crippen molar-refractivity contribution < 1.29 is 19.1 Å². The van der Waals surface area contributed by atoms with Crippen LogP contribution >= 0.6 is 22.9 Å². The number of amides is 2. The molecule has 1 fully saturated rings. The molecule has 1 N–H and O–H groups in total. The summed E-state index contributed by atoms with van der Waals surface area (Å²) in [5.74, 6) is -1.71. The molecule has 24 heavy (non-hydrogen) atoms. The number of nitrogens with zero attached hydrogens (tertiary/aromatic N) is 1. The van der Waals surface area contributed by atoms with E-state index in [0.29, 0.717) is 9.90 Å². The molecule has 0 aliphatic carbocycles. The molecule has 1 aliphatic rings. The van der Waals surface area contributed by atoms with E-state index >= 15 is 0 Å². The maximum absolute atomic E-state index is 12.9. The van der Waals surface area contributed by atoms with Gasteiger partial charge in [0.2, 0.25) is 6.04 Å². The number of nitrogens with one attached hydrogen (secondary N) is 1. The summed E-state index contributed by atoms with van der Waals surface area (Å²) in [6.07, 6.45) is 0. The summed E-state index contributed by atoms with van der Waals surface area (Å²) < 4.78 is 5.81. The monoisotopic (exact) mass is 366 g/mol. The van der Waals surface area contributed by atoms with Gasteiger partial charge >= 0.3 is 5.97 Å². The molecule has 0 spiro atoms. The zero-order chi connectivity index (χ0) is 17.3. The molecule has 2 heterocycles. The second-order valence-electron chi connectivity index (χ2n) is 5.19. The molecule has 126 valence electrons. The number of thiophene rings is 1. The molecule has 2 amide bonds. The molecule has 0 unspecified atom stereocenters. The van der Waals surface area contributed by atoms with E-state index in [1.54, 1.807) is 6.92 Å². The molecule has 1 aliphatic heterocycles. The second-order valence-corrected chi connectivity index (χ2v) is 6.62. The molecule has 0 radical (unpaired) electrons. The Balaban J connectivity index is 1.97. The Morgan fingerprint density at radius 3 is 2.88 bits per heavy atom. The first kappa shape index (κ1) is 16.7. The Hall–Kier alpha value is -2.12. The highest BCUT2D eigenvalue weighted by atomic mass is 35.5. The molecule has 0 saturated carbocycles. The molecule has 2 aromatic rings. The lowest BCUT2D eigenvalue weighted by atomic mass is 10.1. The lowest BCUT2D eigenvalue weighted by Gasteiger charge is -2.33. The first-order chi connectivity index (χ1) is 11.5. The van der Waals surface area contributed by atoms with Crippen molar-refractivity contribution in [2.24, 2.45) is 0 Å². The topological polar surface area (TPSA) is 75.7 Å². The van der Waals surface area contributed by atoms with Crippen molar-refractivity contribution >= 4 is 50.8 Å². The summed E-state index contributed by atoms with van der Waals surface area (Å²) in [5.41, 5.74) is 0. The van der Waals surface area contributed by atoms with Crippen molar-refractivity contribution in [2.45, 2.75) is 13.0 Å². The van der Waals surface area contributed by atoms with Gasteiger partial charge in [-0.15, -0.1) is 11.3 Å². The lowest BCUT2D eigenvalue weighted by molar-refractivity contribution is -0.154. The summed E-state index contributed by atoms with van der Waals surface area (Å²) in [4.78, 5) is 38.7. The van der Waals surface area contributed by atoms with Crippen LogP contribution < -0.4 is 5.32 Å². The van der Waals surface area contributed by atoms with E-state index in [2.05, 4.69) is 5.32 Å². The van der Waals surface area contributed by atoms with Gasteiger partial charge in [-0.05, 0) is 13.0 Å². The van der Waals surface area contributed by atoms with Crippen LogP contribution in [0, 0.1) is 0 Å².